The fraction of sp³-hybridized carbons (Fsp3) is 0.409. The number of hydrogen-bond acceptors (Lipinski definition) is 3. The van der Waals surface area contributed by atoms with Gasteiger partial charge in [-0.2, -0.15) is 5.26 Å². The van der Waals surface area contributed by atoms with E-state index in [1.807, 2.05) is 12.1 Å². The largest absolute Gasteiger partial charge is 0.487 e. The Morgan fingerprint density at radius 3 is 2.68 bits per heavy atom. The predicted molar refractivity (Wildman–Crippen MR) is 96.4 cm³/mol. The number of benzene rings is 2. The highest BCUT2D eigenvalue weighted by molar-refractivity contribution is 5.47. The molecule has 2 atom stereocenters. The smallest absolute Gasteiger partial charge is 0.124 e. The highest BCUT2D eigenvalue weighted by atomic mass is 16.5. The van der Waals surface area contributed by atoms with Crippen LogP contribution in [0.2, 0.25) is 0 Å². The zero-order valence-corrected chi connectivity index (χ0v) is 14.3. The summed E-state index contributed by atoms with van der Waals surface area (Å²) >= 11 is 0. The standard InChI is InChI=1S/C22H22N2O/c23-14-15-5-3-7-17-16(15)9-10-19(17)24-20-13-22(11-4-12-22)25-21-8-2-1-6-18(20)21/h1-3,5-8,19-20,24H,4,9-13H2/t19-,20?/m1/s1. The van der Waals surface area contributed by atoms with Gasteiger partial charge < -0.3 is 10.1 Å². The number of nitrogens with zero attached hydrogens (tertiary/aromatic N) is 1. The number of hydrogen-bond donors (Lipinski definition) is 1. The van der Waals surface area contributed by atoms with Crippen LogP contribution < -0.4 is 10.1 Å². The Hall–Kier alpha value is -2.31. The van der Waals surface area contributed by atoms with Crippen LogP contribution in [0.3, 0.4) is 0 Å². The van der Waals surface area contributed by atoms with Crippen LogP contribution in [0.15, 0.2) is 42.5 Å². The van der Waals surface area contributed by atoms with Gasteiger partial charge in [0.15, 0.2) is 0 Å². The van der Waals surface area contributed by atoms with Crippen LogP contribution in [0, 0.1) is 11.3 Å². The Balaban J connectivity index is 1.47. The third kappa shape index (κ3) is 2.36. The maximum absolute atomic E-state index is 9.36. The van der Waals surface area contributed by atoms with Gasteiger partial charge in [0.25, 0.3) is 0 Å². The van der Waals surface area contributed by atoms with E-state index in [-0.39, 0.29) is 5.60 Å². The van der Waals surface area contributed by atoms with E-state index in [9.17, 15) is 5.26 Å². The van der Waals surface area contributed by atoms with Crippen molar-refractivity contribution in [1.29, 1.82) is 5.26 Å². The van der Waals surface area contributed by atoms with Crippen molar-refractivity contribution in [2.24, 2.45) is 0 Å². The molecular weight excluding hydrogens is 308 g/mol. The molecule has 0 bridgehead atoms. The van der Waals surface area contributed by atoms with E-state index >= 15 is 0 Å². The zero-order valence-electron chi connectivity index (χ0n) is 14.3. The van der Waals surface area contributed by atoms with Gasteiger partial charge in [-0.25, -0.2) is 0 Å². The fourth-order valence-electron chi connectivity index (χ4n) is 4.82. The summed E-state index contributed by atoms with van der Waals surface area (Å²) in [5.74, 6) is 1.05. The second kappa shape index (κ2) is 5.61. The van der Waals surface area contributed by atoms with E-state index in [0.29, 0.717) is 12.1 Å². The van der Waals surface area contributed by atoms with Gasteiger partial charge in [-0.05, 0) is 55.4 Å². The number of ether oxygens (including phenoxy) is 1. The van der Waals surface area contributed by atoms with Gasteiger partial charge in [0.1, 0.15) is 11.4 Å². The molecule has 126 valence electrons. The van der Waals surface area contributed by atoms with Crippen LogP contribution in [-0.2, 0) is 6.42 Å². The summed E-state index contributed by atoms with van der Waals surface area (Å²) in [5.41, 5.74) is 4.71. The summed E-state index contributed by atoms with van der Waals surface area (Å²) in [6, 6.07) is 17.6. The second-order valence-corrected chi connectivity index (χ2v) is 7.68. The second-order valence-electron chi connectivity index (χ2n) is 7.68. The topological polar surface area (TPSA) is 45.0 Å². The lowest BCUT2D eigenvalue weighted by atomic mass is 9.73. The summed E-state index contributed by atoms with van der Waals surface area (Å²) in [5, 5.41) is 13.3. The number of rotatable bonds is 2. The van der Waals surface area contributed by atoms with Gasteiger partial charge in [-0.15, -0.1) is 0 Å². The molecule has 2 aromatic carbocycles. The van der Waals surface area contributed by atoms with Crippen LogP contribution in [0.1, 0.15) is 66.4 Å². The highest BCUT2D eigenvalue weighted by Crippen LogP contribution is 2.49. The van der Waals surface area contributed by atoms with Crippen molar-refractivity contribution in [2.45, 2.75) is 56.2 Å². The average molecular weight is 330 g/mol. The normalized spacial score (nSPS) is 25.4. The summed E-state index contributed by atoms with van der Waals surface area (Å²) in [4.78, 5) is 0. The first kappa shape index (κ1) is 15.0. The van der Waals surface area contributed by atoms with E-state index in [1.54, 1.807) is 0 Å². The molecule has 3 heteroatoms. The molecule has 5 rings (SSSR count). The Labute approximate surface area is 148 Å². The Bertz CT molecular complexity index is 863. The molecular formula is C22H22N2O. The molecule has 25 heavy (non-hydrogen) atoms. The molecule has 1 fully saturated rings. The maximum atomic E-state index is 9.36. The molecule has 2 aromatic rings. The summed E-state index contributed by atoms with van der Waals surface area (Å²) < 4.78 is 6.37. The molecule has 1 heterocycles. The molecule has 1 N–H and O–H groups in total. The third-order valence-corrected chi connectivity index (χ3v) is 6.26. The van der Waals surface area contributed by atoms with E-state index < -0.39 is 0 Å². The van der Waals surface area contributed by atoms with Gasteiger partial charge in [0, 0.05) is 24.1 Å². The number of fused-ring (bicyclic) bond motifs is 2. The van der Waals surface area contributed by atoms with E-state index in [4.69, 9.17) is 4.74 Å². The highest BCUT2D eigenvalue weighted by Gasteiger charge is 2.46. The molecule has 2 aliphatic carbocycles. The molecule has 1 saturated carbocycles. The first-order chi connectivity index (χ1) is 12.3. The zero-order chi connectivity index (χ0) is 16.9. The van der Waals surface area contributed by atoms with Gasteiger partial charge in [-0.3, -0.25) is 0 Å². The predicted octanol–water partition coefficient (Wildman–Crippen LogP) is 4.58. The Morgan fingerprint density at radius 2 is 1.88 bits per heavy atom. The lowest BCUT2D eigenvalue weighted by molar-refractivity contribution is -0.0380. The minimum absolute atomic E-state index is 0.0436. The lowest BCUT2D eigenvalue weighted by Crippen LogP contribution is -2.49. The molecule has 1 unspecified atom stereocenters. The molecule has 0 saturated heterocycles. The van der Waals surface area contributed by atoms with E-state index in [2.05, 4.69) is 41.7 Å². The fourth-order valence-corrected chi connectivity index (χ4v) is 4.82. The third-order valence-electron chi connectivity index (χ3n) is 6.26. The number of nitrogens with one attached hydrogen (secondary N) is 1. The Kier molecular flexibility index (Phi) is 3.36. The first-order valence-corrected chi connectivity index (χ1v) is 9.34. The molecule has 3 aliphatic rings. The summed E-state index contributed by atoms with van der Waals surface area (Å²) in [6.45, 7) is 0. The van der Waals surface area contributed by atoms with E-state index in [0.717, 1.165) is 30.6 Å². The SMILES string of the molecule is N#Cc1cccc2c1CC[C@H]2NC1CC2(CCC2)Oc2ccccc21. The van der Waals surface area contributed by atoms with Crippen molar-refractivity contribution in [1.82, 2.24) is 5.32 Å². The van der Waals surface area contributed by atoms with Crippen molar-refractivity contribution in [3.63, 3.8) is 0 Å². The minimum atomic E-state index is 0.0436. The molecule has 1 aliphatic heterocycles. The molecule has 0 radical (unpaired) electrons. The molecule has 1 spiro atoms. The molecule has 0 aromatic heterocycles. The minimum Gasteiger partial charge on any atom is -0.487 e. The van der Waals surface area contributed by atoms with Crippen molar-refractivity contribution in [2.75, 3.05) is 0 Å². The number of nitriles is 1. The van der Waals surface area contributed by atoms with Crippen molar-refractivity contribution >= 4 is 0 Å². The van der Waals surface area contributed by atoms with Gasteiger partial charge in [0.2, 0.25) is 0 Å². The number of para-hydroxylation sites is 1. The van der Waals surface area contributed by atoms with Gasteiger partial charge in [0.05, 0.1) is 11.6 Å². The van der Waals surface area contributed by atoms with Gasteiger partial charge in [-0.1, -0.05) is 30.3 Å². The van der Waals surface area contributed by atoms with Crippen molar-refractivity contribution in [3.8, 4) is 11.8 Å². The van der Waals surface area contributed by atoms with E-state index in [1.165, 1.54) is 36.0 Å². The lowest BCUT2D eigenvalue weighted by Gasteiger charge is -2.48. The monoisotopic (exact) mass is 330 g/mol. The summed E-state index contributed by atoms with van der Waals surface area (Å²) in [6.07, 6.45) is 6.71. The van der Waals surface area contributed by atoms with Crippen LogP contribution in [-0.4, -0.2) is 5.60 Å². The van der Waals surface area contributed by atoms with Crippen LogP contribution in [0.25, 0.3) is 0 Å². The maximum Gasteiger partial charge on any atom is 0.124 e. The van der Waals surface area contributed by atoms with Crippen LogP contribution in [0.5, 0.6) is 5.75 Å². The van der Waals surface area contributed by atoms with Crippen LogP contribution >= 0.6 is 0 Å². The first-order valence-electron chi connectivity index (χ1n) is 9.34. The van der Waals surface area contributed by atoms with Crippen LogP contribution in [0.4, 0.5) is 0 Å². The van der Waals surface area contributed by atoms with Crippen molar-refractivity contribution in [3.05, 3.63) is 64.7 Å². The average Bonchev–Trinajstić information content (AvgIpc) is 3.03. The molecule has 3 nitrogen and oxygen atoms in total. The molecule has 0 amide bonds. The quantitative estimate of drug-likeness (QED) is 0.876. The Morgan fingerprint density at radius 1 is 1.04 bits per heavy atom. The summed E-state index contributed by atoms with van der Waals surface area (Å²) in [7, 11) is 0. The van der Waals surface area contributed by atoms with Gasteiger partial charge >= 0.3 is 0 Å². The van der Waals surface area contributed by atoms with Crippen molar-refractivity contribution < 1.29 is 4.74 Å².